The van der Waals surface area contributed by atoms with E-state index in [2.05, 4.69) is 16.6 Å². The zero-order chi connectivity index (χ0) is 27.2. The molecular weight excluding hydrogens is 464 g/mol. The first kappa shape index (κ1) is 31.7. The van der Waals surface area contributed by atoms with Crippen molar-refractivity contribution in [3.63, 3.8) is 0 Å². The molecule has 0 fully saturated rings. The van der Waals surface area contributed by atoms with Gasteiger partial charge in [-0.3, -0.25) is 14.6 Å². The van der Waals surface area contributed by atoms with Gasteiger partial charge in [0.2, 0.25) is 0 Å². The van der Waals surface area contributed by atoms with E-state index in [0.717, 1.165) is 17.2 Å². The van der Waals surface area contributed by atoms with Gasteiger partial charge in [0, 0.05) is 13.2 Å². The fourth-order valence-corrected chi connectivity index (χ4v) is 2.72. The first-order chi connectivity index (χ1) is 16.3. The van der Waals surface area contributed by atoms with Crippen LogP contribution in [0.2, 0.25) is 0 Å². The number of carbonyl (C=O) groups excluding carboxylic acids is 2. The summed E-state index contributed by atoms with van der Waals surface area (Å²) in [5.74, 6) is -1.82. The summed E-state index contributed by atoms with van der Waals surface area (Å²) < 4.78 is 55.1. The van der Waals surface area contributed by atoms with Gasteiger partial charge in [0.25, 0.3) is 11.8 Å². The molecule has 0 spiro atoms. The lowest BCUT2D eigenvalue weighted by atomic mass is 10.1. The molecule has 0 aromatic heterocycles. The van der Waals surface area contributed by atoms with Gasteiger partial charge in [-0.1, -0.05) is 43.9 Å². The van der Waals surface area contributed by atoms with Crippen LogP contribution >= 0.6 is 0 Å². The van der Waals surface area contributed by atoms with Gasteiger partial charge in [0.15, 0.2) is 6.04 Å². The minimum Gasteiger partial charge on any atom is -0.338 e. The Kier molecular flexibility index (Phi) is 14.1. The van der Waals surface area contributed by atoms with E-state index in [9.17, 15) is 27.2 Å². The number of amides is 2. The van der Waals surface area contributed by atoms with E-state index in [1.54, 1.807) is 32.1 Å². The summed E-state index contributed by atoms with van der Waals surface area (Å²) in [5.41, 5.74) is -0.849. The van der Waals surface area contributed by atoms with Crippen LogP contribution in [0.25, 0.3) is 0 Å². The smallest absolute Gasteiger partial charge is 0.338 e. The first-order valence-corrected chi connectivity index (χ1v) is 11.0. The Morgan fingerprint density at radius 2 is 1.74 bits per heavy atom. The molecule has 0 aliphatic rings. The standard InChI is InChI=1S/C25H34F4N4O2/c1-8-12-13-15-17(5)21(31-18(6)24(35)33(7)16-19(26)10-3)23(34)32-22(25(27,28)29)20(14-9-2)30-11-4/h8-9,11-15,19,22H,4,10,16H2,1-3,5-7H3,(H,32,34)/b12-8-,14-9-,15-13-,21-17+,30-20?,31-18?. The largest absolute Gasteiger partial charge is 0.414 e. The molecule has 0 heterocycles. The Morgan fingerprint density at radius 1 is 1.11 bits per heavy atom. The van der Waals surface area contributed by atoms with Crippen molar-refractivity contribution in [1.82, 2.24) is 10.2 Å². The maximum atomic E-state index is 13.8. The van der Waals surface area contributed by atoms with Crippen molar-refractivity contribution in [1.29, 1.82) is 0 Å². The number of halogens is 4. The lowest BCUT2D eigenvalue weighted by molar-refractivity contribution is -0.147. The molecule has 0 aromatic carbocycles. The lowest BCUT2D eigenvalue weighted by Crippen LogP contribution is -2.50. The molecule has 2 amide bonds. The van der Waals surface area contributed by atoms with Crippen molar-refractivity contribution < 1.29 is 27.2 Å². The molecule has 6 nitrogen and oxygen atoms in total. The van der Waals surface area contributed by atoms with Gasteiger partial charge >= 0.3 is 6.18 Å². The molecule has 0 saturated carbocycles. The molecule has 2 unspecified atom stereocenters. The number of allylic oxidation sites excluding steroid dienone is 6. The summed E-state index contributed by atoms with van der Waals surface area (Å²) in [7, 11) is 1.38. The van der Waals surface area contributed by atoms with E-state index in [4.69, 9.17) is 0 Å². The SMILES string of the molecule is C=CN=C(/C=C\C)C(NC(=O)\C(N=C(C)C(=O)N(C)CC(F)CC)=C(C)/C=C\C=C/C)C(F)(F)F. The number of hydrogen-bond acceptors (Lipinski definition) is 4. The predicted molar refractivity (Wildman–Crippen MR) is 133 cm³/mol. The summed E-state index contributed by atoms with van der Waals surface area (Å²) in [6, 6.07) is -2.45. The zero-order valence-corrected chi connectivity index (χ0v) is 21.0. The predicted octanol–water partition coefficient (Wildman–Crippen LogP) is 5.27. The van der Waals surface area contributed by atoms with Crippen LogP contribution in [0.15, 0.2) is 70.5 Å². The van der Waals surface area contributed by atoms with Gasteiger partial charge in [-0.2, -0.15) is 13.2 Å². The monoisotopic (exact) mass is 498 g/mol. The van der Waals surface area contributed by atoms with Crippen LogP contribution in [0.1, 0.15) is 41.0 Å². The molecular formula is C25H34F4N4O2. The molecule has 0 saturated heterocycles. The fourth-order valence-electron chi connectivity index (χ4n) is 2.72. The maximum absolute atomic E-state index is 13.8. The summed E-state index contributed by atoms with van der Waals surface area (Å²) in [5, 5.41) is 1.92. The van der Waals surface area contributed by atoms with Crippen molar-refractivity contribution in [2.24, 2.45) is 9.98 Å². The molecule has 1 N–H and O–H groups in total. The average Bonchev–Trinajstić information content (AvgIpc) is 2.79. The van der Waals surface area contributed by atoms with Crippen LogP contribution < -0.4 is 5.32 Å². The molecule has 35 heavy (non-hydrogen) atoms. The highest BCUT2D eigenvalue weighted by Crippen LogP contribution is 2.23. The maximum Gasteiger partial charge on any atom is 0.414 e. The van der Waals surface area contributed by atoms with Crippen molar-refractivity contribution in [3.8, 4) is 0 Å². The van der Waals surface area contributed by atoms with Gasteiger partial charge in [0.1, 0.15) is 17.6 Å². The van der Waals surface area contributed by atoms with Crippen LogP contribution in [0, 0.1) is 0 Å². The Labute approximate surface area is 204 Å². The highest BCUT2D eigenvalue weighted by atomic mass is 19.4. The summed E-state index contributed by atoms with van der Waals surface area (Å²) in [6.45, 7) is 10.8. The minimum absolute atomic E-state index is 0.184. The molecule has 0 radical (unpaired) electrons. The number of nitrogens with zero attached hydrogens (tertiary/aromatic N) is 3. The number of carbonyl (C=O) groups is 2. The Morgan fingerprint density at radius 3 is 2.23 bits per heavy atom. The van der Waals surface area contributed by atoms with Crippen LogP contribution in [0.5, 0.6) is 0 Å². The highest BCUT2D eigenvalue weighted by molar-refractivity contribution is 6.38. The van der Waals surface area contributed by atoms with E-state index >= 15 is 0 Å². The number of rotatable bonds is 12. The molecule has 0 aliphatic heterocycles. The van der Waals surface area contributed by atoms with Gasteiger partial charge in [-0.25, -0.2) is 9.38 Å². The Balaban J connectivity index is 6.46. The molecule has 2 atom stereocenters. The molecule has 0 bridgehead atoms. The minimum atomic E-state index is -4.87. The lowest BCUT2D eigenvalue weighted by Gasteiger charge is -2.22. The highest BCUT2D eigenvalue weighted by Gasteiger charge is 2.44. The molecule has 0 aliphatic carbocycles. The van der Waals surface area contributed by atoms with Crippen LogP contribution in [0.3, 0.4) is 0 Å². The second kappa shape index (κ2) is 15.6. The van der Waals surface area contributed by atoms with E-state index in [1.807, 2.05) is 5.32 Å². The van der Waals surface area contributed by atoms with E-state index in [0.29, 0.717) is 0 Å². The van der Waals surface area contributed by atoms with Crippen molar-refractivity contribution in [3.05, 3.63) is 60.5 Å². The third-order valence-corrected chi connectivity index (χ3v) is 4.57. The number of hydrogen-bond donors (Lipinski definition) is 1. The quantitative estimate of drug-likeness (QED) is 0.172. The second-order valence-electron chi connectivity index (χ2n) is 7.49. The van der Waals surface area contributed by atoms with Crippen LogP contribution in [-0.2, 0) is 9.59 Å². The molecule has 10 heteroatoms. The van der Waals surface area contributed by atoms with Gasteiger partial charge in [-0.05, 0) is 45.8 Å². The van der Waals surface area contributed by atoms with E-state index in [-0.39, 0.29) is 24.3 Å². The molecule has 194 valence electrons. The molecule has 0 aromatic rings. The average molecular weight is 499 g/mol. The summed E-state index contributed by atoms with van der Waals surface area (Å²) >= 11 is 0. The van der Waals surface area contributed by atoms with Gasteiger partial charge < -0.3 is 10.2 Å². The number of aliphatic imine (C=N–C) groups is 2. The van der Waals surface area contributed by atoms with Crippen LogP contribution in [-0.4, -0.2) is 60.1 Å². The Bertz CT molecular complexity index is 928. The third-order valence-electron chi connectivity index (χ3n) is 4.57. The van der Waals surface area contributed by atoms with E-state index in [1.165, 1.54) is 40.0 Å². The van der Waals surface area contributed by atoms with E-state index < -0.39 is 41.6 Å². The topological polar surface area (TPSA) is 74.1 Å². The third kappa shape index (κ3) is 11.1. The number of nitrogens with one attached hydrogen (secondary N) is 1. The van der Waals surface area contributed by atoms with Crippen molar-refractivity contribution >= 4 is 23.2 Å². The zero-order valence-electron chi connectivity index (χ0n) is 21.0. The van der Waals surface area contributed by atoms with Crippen molar-refractivity contribution in [2.45, 2.75) is 59.4 Å². The van der Waals surface area contributed by atoms with Crippen LogP contribution in [0.4, 0.5) is 17.6 Å². The summed E-state index contributed by atoms with van der Waals surface area (Å²) in [4.78, 5) is 34.4. The first-order valence-electron chi connectivity index (χ1n) is 11.0. The fraction of sp³-hybridized carbons (Fsp3) is 0.440. The number of alkyl halides is 4. The van der Waals surface area contributed by atoms with Crippen molar-refractivity contribution in [2.75, 3.05) is 13.6 Å². The normalized spacial score (nSPS) is 15.9. The molecule has 0 rings (SSSR count). The van der Waals surface area contributed by atoms with Gasteiger partial charge in [0.05, 0.1) is 12.3 Å². The summed E-state index contributed by atoms with van der Waals surface area (Å²) in [6.07, 6.45) is 3.89. The second-order valence-corrected chi connectivity index (χ2v) is 7.49. The van der Waals surface area contributed by atoms with Gasteiger partial charge in [-0.15, -0.1) is 0 Å². The Hall–Kier alpha value is -3.30.